The molecule has 1 aromatic carbocycles. The van der Waals surface area contributed by atoms with Crippen LogP contribution in [0.1, 0.15) is 105 Å². The van der Waals surface area contributed by atoms with E-state index in [4.69, 9.17) is 4.74 Å². The molecular formula is C39H56O5. The van der Waals surface area contributed by atoms with Crippen LogP contribution in [0.15, 0.2) is 48.1 Å². The van der Waals surface area contributed by atoms with Gasteiger partial charge in [0.25, 0.3) is 0 Å². The molecule has 5 nitrogen and oxygen atoms in total. The Morgan fingerprint density at radius 3 is 2.30 bits per heavy atom. The van der Waals surface area contributed by atoms with Gasteiger partial charge in [0, 0.05) is 6.08 Å². The fourth-order valence-corrected chi connectivity index (χ4v) is 12.0. The number of aliphatic hydroxyl groups is 3. The van der Waals surface area contributed by atoms with E-state index in [2.05, 4.69) is 54.5 Å². The molecule has 0 radical (unpaired) electrons. The van der Waals surface area contributed by atoms with Crippen molar-refractivity contribution in [3.05, 3.63) is 53.6 Å². The van der Waals surface area contributed by atoms with E-state index in [1.54, 1.807) is 6.08 Å². The van der Waals surface area contributed by atoms with Crippen LogP contribution >= 0.6 is 0 Å². The number of carbonyl (C=O) groups is 1. The van der Waals surface area contributed by atoms with Crippen molar-refractivity contribution in [2.45, 2.75) is 118 Å². The maximum atomic E-state index is 13.5. The number of allylic oxidation sites excluding steroid dienone is 2. The molecule has 0 amide bonds. The molecule has 4 saturated carbocycles. The zero-order chi connectivity index (χ0) is 31.9. The van der Waals surface area contributed by atoms with Crippen LogP contribution in [-0.2, 0) is 9.53 Å². The average Bonchev–Trinajstić information content (AvgIpc) is 2.95. The van der Waals surface area contributed by atoms with E-state index in [0.717, 1.165) is 44.1 Å². The standard InChI is InChI=1S/C39H56O5/c1-34(2)21-27-26-14-15-29-36(5)19-18-30(41)35(3,4)28(36)17-20-37(29,6)38(26,7)23-32(39(27,24-40)31(42)22-34)44-33(43)16-13-25-11-9-8-10-12-25/h8-14,16,27-32,40-42H,15,17-24H2,1-7H3/b16-13+/t27-,28-,29+,30?,31?,32?,36-,37+,38+,39+/m0/s1. The maximum Gasteiger partial charge on any atom is 0.331 e. The van der Waals surface area contributed by atoms with Crippen LogP contribution in [0.4, 0.5) is 0 Å². The first-order valence-electron chi connectivity index (χ1n) is 17.2. The summed E-state index contributed by atoms with van der Waals surface area (Å²) in [6.07, 6.45) is 11.1. The Morgan fingerprint density at radius 2 is 1.61 bits per heavy atom. The summed E-state index contributed by atoms with van der Waals surface area (Å²) in [5, 5.41) is 34.2. The topological polar surface area (TPSA) is 87.0 Å². The summed E-state index contributed by atoms with van der Waals surface area (Å²) < 4.78 is 6.43. The van der Waals surface area contributed by atoms with Crippen LogP contribution in [0, 0.1) is 50.2 Å². The summed E-state index contributed by atoms with van der Waals surface area (Å²) in [6, 6.07) is 9.73. The molecule has 0 bridgehead atoms. The second-order valence-corrected chi connectivity index (χ2v) is 17.5. The molecule has 0 aromatic heterocycles. The predicted molar refractivity (Wildman–Crippen MR) is 174 cm³/mol. The Bertz CT molecular complexity index is 1330. The Kier molecular flexibility index (Phi) is 7.67. The van der Waals surface area contributed by atoms with Gasteiger partial charge in [-0.15, -0.1) is 0 Å². The summed E-state index contributed by atoms with van der Waals surface area (Å²) in [5.74, 6) is 0.387. The Labute approximate surface area is 265 Å². The number of aliphatic hydroxyl groups excluding tert-OH is 3. The minimum Gasteiger partial charge on any atom is -0.458 e. The largest absolute Gasteiger partial charge is 0.458 e. The van der Waals surface area contributed by atoms with Crippen molar-refractivity contribution >= 4 is 12.0 Å². The second-order valence-electron chi connectivity index (χ2n) is 17.5. The lowest BCUT2D eigenvalue weighted by molar-refractivity contribution is -0.240. The minimum atomic E-state index is -0.932. The van der Waals surface area contributed by atoms with Crippen molar-refractivity contribution in [3.63, 3.8) is 0 Å². The molecule has 5 aliphatic carbocycles. The SMILES string of the molecule is CC1(C)CC(O)[C@]2(CO)C(OC(=O)/C=C/c3ccccc3)C[C@]3(C)C(=CC[C@@H]4[C@@]5(C)CCC(O)C(C)(C)[C@@H]5CC[C@]43C)[C@@H]2C1. The third kappa shape index (κ3) is 4.46. The zero-order valence-electron chi connectivity index (χ0n) is 28.1. The molecule has 0 saturated heterocycles. The van der Waals surface area contributed by atoms with Crippen molar-refractivity contribution in [3.8, 4) is 0 Å². The second kappa shape index (κ2) is 10.5. The third-order valence-electron chi connectivity index (χ3n) is 14.6. The quantitative estimate of drug-likeness (QED) is 0.190. The molecule has 10 atom stereocenters. The lowest BCUT2D eigenvalue weighted by Crippen LogP contribution is -2.69. The molecular weight excluding hydrogens is 548 g/mol. The van der Waals surface area contributed by atoms with Crippen LogP contribution in [0.25, 0.3) is 6.08 Å². The number of hydrogen-bond donors (Lipinski definition) is 3. The summed E-state index contributed by atoms with van der Waals surface area (Å²) in [7, 11) is 0. The first-order valence-corrected chi connectivity index (χ1v) is 17.2. The van der Waals surface area contributed by atoms with Gasteiger partial charge in [-0.1, -0.05) is 90.4 Å². The van der Waals surface area contributed by atoms with E-state index in [1.807, 2.05) is 30.3 Å². The number of benzene rings is 1. The molecule has 5 heteroatoms. The fraction of sp³-hybridized carbons (Fsp3) is 0.718. The number of rotatable bonds is 4. The highest BCUT2D eigenvalue weighted by Crippen LogP contribution is 2.76. The smallest absolute Gasteiger partial charge is 0.331 e. The molecule has 0 spiro atoms. The van der Waals surface area contributed by atoms with Crippen LogP contribution < -0.4 is 0 Å². The van der Waals surface area contributed by atoms with Gasteiger partial charge >= 0.3 is 5.97 Å². The third-order valence-corrected chi connectivity index (χ3v) is 14.6. The van der Waals surface area contributed by atoms with Crippen molar-refractivity contribution in [1.29, 1.82) is 0 Å². The summed E-state index contributed by atoms with van der Waals surface area (Å²) in [5.41, 5.74) is 0.941. The molecule has 6 rings (SSSR count). The maximum absolute atomic E-state index is 13.5. The predicted octanol–water partition coefficient (Wildman–Crippen LogP) is 7.35. The monoisotopic (exact) mass is 604 g/mol. The highest BCUT2D eigenvalue weighted by molar-refractivity contribution is 5.87. The van der Waals surface area contributed by atoms with Gasteiger partial charge in [-0.3, -0.25) is 0 Å². The molecule has 0 heterocycles. The van der Waals surface area contributed by atoms with Crippen LogP contribution in [-0.4, -0.2) is 46.2 Å². The van der Waals surface area contributed by atoms with Crippen molar-refractivity contribution in [1.82, 2.24) is 0 Å². The first-order chi connectivity index (χ1) is 20.5. The number of esters is 1. The van der Waals surface area contributed by atoms with Crippen molar-refractivity contribution < 1.29 is 24.9 Å². The average molecular weight is 605 g/mol. The van der Waals surface area contributed by atoms with Crippen molar-refractivity contribution in [2.24, 2.45) is 50.2 Å². The summed E-state index contributed by atoms with van der Waals surface area (Å²) in [6.45, 7) is 16.2. The van der Waals surface area contributed by atoms with Crippen LogP contribution in [0.5, 0.6) is 0 Å². The number of hydrogen-bond acceptors (Lipinski definition) is 5. The minimum absolute atomic E-state index is 0.0423. The Morgan fingerprint density at radius 1 is 0.909 bits per heavy atom. The number of ether oxygens (including phenoxy) is 1. The normalized spacial score (nSPS) is 45.7. The van der Waals surface area contributed by atoms with Gasteiger partial charge in [-0.25, -0.2) is 4.79 Å². The van der Waals surface area contributed by atoms with Crippen LogP contribution in [0.2, 0.25) is 0 Å². The Hall–Kier alpha value is -1.95. The van der Waals surface area contributed by atoms with E-state index in [-0.39, 0.29) is 45.7 Å². The highest BCUT2D eigenvalue weighted by Gasteiger charge is 2.71. The fourth-order valence-electron chi connectivity index (χ4n) is 12.0. The molecule has 3 N–H and O–H groups in total. The highest BCUT2D eigenvalue weighted by atomic mass is 16.5. The Balaban J connectivity index is 1.43. The van der Waals surface area contributed by atoms with E-state index >= 15 is 0 Å². The van der Waals surface area contributed by atoms with Crippen molar-refractivity contribution in [2.75, 3.05) is 6.61 Å². The van der Waals surface area contributed by atoms with Gasteiger partial charge in [-0.05, 0) is 108 Å². The van der Waals surface area contributed by atoms with Gasteiger partial charge in [0.2, 0.25) is 0 Å². The zero-order valence-corrected chi connectivity index (χ0v) is 28.1. The molecule has 4 fully saturated rings. The van der Waals surface area contributed by atoms with Crippen LogP contribution in [0.3, 0.4) is 0 Å². The summed E-state index contributed by atoms with van der Waals surface area (Å²) in [4.78, 5) is 13.5. The first kappa shape index (κ1) is 32.0. The molecule has 242 valence electrons. The van der Waals surface area contributed by atoms with Gasteiger partial charge < -0.3 is 20.1 Å². The molecule has 3 unspecified atom stereocenters. The van der Waals surface area contributed by atoms with Gasteiger partial charge in [-0.2, -0.15) is 0 Å². The summed E-state index contributed by atoms with van der Waals surface area (Å²) >= 11 is 0. The van der Waals surface area contributed by atoms with Gasteiger partial charge in [0.15, 0.2) is 0 Å². The molecule has 5 aliphatic rings. The molecule has 1 aromatic rings. The van der Waals surface area contributed by atoms with E-state index in [0.29, 0.717) is 24.7 Å². The lowest BCUT2D eigenvalue weighted by atomic mass is 9.33. The van der Waals surface area contributed by atoms with E-state index in [1.165, 1.54) is 11.6 Å². The number of carbonyl (C=O) groups excluding carboxylic acids is 1. The van der Waals surface area contributed by atoms with Gasteiger partial charge in [0.05, 0.1) is 24.2 Å². The van der Waals surface area contributed by atoms with E-state index in [9.17, 15) is 20.1 Å². The van der Waals surface area contributed by atoms with E-state index < -0.39 is 23.6 Å². The molecule has 0 aliphatic heterocycles. The number of fused-ring (bicyclic) bond motifs is 7. The lowest BCUT2D eigenvalue weighted by Gasteiger charge is -2.72. The molecule has 44 heavy (non-hydrogen) atoms. The van der Waals surface area contributed by atoms with Gasteiger partial charge in [0.1, 0.15) is 6.10 Å².